The molecule has 1 aliphatic rings. The highest BCUT2D eigenvalue weighted by atomic mass is 32.2. The Hall–Kier alpha value is -3.47. The summed E-state index contributed by atoms with van der Waals surface area (Å²) in [7, 11) is 0. The number of nitrogens with one attached hydrogen (secondary N) is 1. The maximum absolute atomic E-state index is 13.8. The molecule has 0 spiro atoms. The van der Waals surface area contributed by atoms with Gasteiger partial charge in [0.15, 0.2) is 0 Å². The SMILES string of the molecule is CC1Sc2ncc(C(=O)NCc3c(F)cc(F)cc3F)cc2N(Cc2cc(F)cc(F)c2)C1=O. The van der Waals surface area contributed by atoms with E-state index in [0.717, 1.165) is 23.9 Å². The van der Waals surface area contributed by atoms with E-state index >= 15 is 0 Å². The summed E-state index contributed by atoms with van der Waals surface area (Å²) in [6, 6.07) is 5.27. The normalized spacial score (nSPS) is 15.3. The van der Waals surface area contributed by atoms with Crippen molar-refractivity contribution in [3.8, 4) is 0 Å². The van der Waals surface area contributed by atoms with Crippen LogP contribution in [-0.2, 0) is 17.9 Å². The number of halogens is 5. The van der Waals surface area contributed by atoms with Crippen LogP contribution in [0.4, 0.5) is 27.6 Å². The molecule has 11 heteroatoms. The van der Waals surface area contributed by atoms with Crippen LogP contribution in [0.15, 0.2) is 47.6 Å². The first-order valence-electron chi connectivity index (χ1n) is 9.97. The number of aromatic nitrogens is 1. The molecular formula is C23H16F5N3O2S. The fourth-order valence-electron chi connectivity index (χ4n) is 3.46. The van der Waals surface area contributed by atoms with Crippen molar-refractivity contribution in [1.82, 2.24) is 10.3 Å². The van der Waals surface area contributed by atoms with Gasteiger partial charge in [-0.25, -0.2) is 26.9 Å². The van der Waals surface area contributed by atoms with Crippen molar-refractivity contribution in [1.29, 1.82) is 0 Å². The van der Waals surface area contributed by atoms with Crippen molar-refractivity contribution < 1.29 is 31.5 Å². The van der Waals surface area contributed by atoms with Crippen LogP contribution in [0.25, 0.3) is 0 Å². The minimum atomic E-state index is -1.15. The van der Waals surface area contributed by atoms with Crippen molar-refractivity contribution in [2.24, 2.45) is 0 Å². The summed E-state index contributed by atoms with van der Waals surface area (Å²) in [6.07, 6.45) is 1.24. The topological polar surface area (TPSA) is 62.3 Å². The largest absolute Gasteiger partial charge is 0.348 e. The van der Waals surface area contributed by atoms with Crippen LogP contribution in [0.5, 0.6) is 0 Å². The summed E-state index contributed by atoms with van der Waals surface area (Å²) in [5, 5.41) is 2.23. The van der Waals surface area contributed by atoms with E-state index in [0.29, 0.717) is 23.2 Å². The molecule has 2 amide bonds. The Bertz CT molecular complexity index is 1260. The van der Waals surface area contributed by atoms with Crippen molar-refractivity contribution in [3.63, 3.8) is 0 Å². The predicted molar refractivity (Wildman–Crippen MR) is 115 cm³/mol. The molecule has 2 heterocycles. The van der Waals surface area contributed by atoms with Crippen molar-refractivity contribution in [2.75, 3.05) is 4.90 Å². The molecule has 0 radical (unpaired) electrons. The first-order valence-corrected chi connectivity index (χ1v) is 10.8. The predicted octanol–water partition coefficient (Wildman–Crippen LogP) is 4.73. The zero-order valence-electron chi connectivity index (χ0n) is 17.5. The Balaban J connectivity index is 1.60. The molecule has 1 aliphatic heterocycles. The molecule has 1 N–H and O–H groups in total. The van der Waals surface area contributed by atoms with Gasteiger partial charge in [0.2, 0.25) is 5.91 Å². The fourth-order valence-corrected chi connectivity index (χ4v) is 4.43. The summed E-state index contributed by atoms with van der Waals surface area (Å²) >= 11 is 1.16. The Morgan fingerprint density at radius 2 is 1.62 bits per heavy atom. The number of carbonyl (C=O) groups is 2. The minimum Gasteiger partial charge on any atom is -0.348 e. The lowest BCUT2D eigenvalue weighted by atomic mass is 10.1. The van der Waals surface area contributed by atoms with Crippen molar-refractivity contribution >= 4 is 29.3 Å². The number of rotatable bonds is 5. The molecule has 5 nitrogen and oxygen atoms in total. The third-order valence-corrected chi connectivity index (χ3v) is 6.17. The number of fused-ring (bicyclic) bond motifs is 1. The second-order valence-electron chi connectivity index (χ2n) is 7.54. The summed E-state index contributed by atoms with van der Waals surface area (Å²) < 4.78 is 68.0. The molecule has 1 atom stereocenters. The van der Waals surface area contributed by atoms with E-state index < -0.39 is 52.4 Å². The van der Waals surface area contributed by atoms with Gasteiger partial charge in [0, 0.05) is 36.5 Å². The molecule has 0 saturated heterocycles. The Kier molecular flexibility index (Phi) is 6.56. The van der Waals surface area contributed by atoms with E-state index in [4.69, 9.17) is 0 Å². The van der Waals surface area contributed by atoms with Gasteiger partial charge >= 0.3 is 0 Å². The summed E-state index contributed by atoms with van der Waals surface area (Å²) in [5.74, 6) is -6.07. The molecule has 34 heavy (non-hydrogen) atoms. The molecule has 0 saturated carbocycles. The average Bonchev–Trinajstić information content (AvgIpc) is 2.75. The van der Waals surface area contributed by atoms with Crippen molar-refractivity contribution in [2.45, 2.75) is 30.3 Å². The van der Waals surface area contributed by atoms with E-state index in [-0.39, 0.29) is 29.3 Å². The molecule has 1 aromatic heterocycles. The number of hydrogen-bond acceptors (Lipinski definition) is 4. The summed E-state index contributed by atoms with van der Waals surface area (Å²) in [6.45, 7) is 0.943. The second kappa shape index (κ2) is 9.41. The van der Waals surface area contributed by atoms with Crippen LogP contribution in [-0.4, -0.2) is 22.0 Å². The van der Waals surface area contributed by atoms with Gasteiger partial charge in [-0.15, -0.1) is 0 Å². The maximum atomic E-state index is 13.8. The zero-order valence-corrected chi connectivity index (χ0v) is 18.4. The van der Waals surface area contributed by atoms with Crippen LogP contribution in [0.3, 0.4) is 0 Å². The Labute approximate surface area is 195 Å². The average molecular weight is 493 g/mol. The van der Waals surface area contributed by atoms with Crippen LogP contribution in [0.2, 0.25) is 0 Å². The highest BCUT2D eigenvalue weighted by Gasteiger charge is 2.32. The summed E-state index contributed by atoms with van der Waals surface area (Å²) in [5.41, 5.74) is -0.0763. The number of amides is 2. The molecule has 0 bridgehead atoms. The van der Waals surface area contributed by atoms with Gasteiger partial charge in [0.05, 0.1) is 23.0 Å². The molecule has 1 unspecified atom stereocenters. The maximum Gasteiger partial charge on any atom is 0.253 e. The van der Waals surface area contributed by atoms with Crippen molar-refractivity contribution in [3.05, 3.63) is 88.4 Å². The smallest absolute Gasteiger partial charge is 0.253 e. The van der Waals surface area contributed by atoms with E-state index in [9.17, 15) is 31.5 Å². The number of benzene rings is 2. The van der Waals surface area contributed by atoms with Crippen LogP contribution >= 0.6 is 11.8 Å². The van der Waals surface area contributed by atoms with Gasteiger partial charge in [-0.3, -0.25) is 9.59 Å². The molecule has 0 fully saturated rings. The van der Waals surface area contributed by atoms with Gasteiger partial charge in [0.1, 0.15) is 34.1 Å². The highest BCUT2D eigenvalue weighted by molar-refractivity contribution is 8.00. The molecule has 3 aromatic rings. The lowest BCUT2D eigenvalue weighted by Crippen LogP contribution is -2.40. The van der Waals surface area contributed by atoms with Gasteiger partial charge in [-0.2, -0.15) is 0 Å². The van der Waals surface area contributed by atoms with Gasteiger partial charge in [-0.1, -0.05) is 11.8 Å². The van der Waals surface area contributed by atoms with Crippen LogP contribution in [0.1, 0.15) is 28.4 Å². The number of carbonyl (C=O) groups excluding carboxylic acids is 2. The molecule has 4 rings (SSSR count). The monoisotopic (exact) mass is 493 g/mol. The van der Waals surface area contributed by atoms with Gasteiger partial charge < -0.3 is 10.2 Å². The highest BCUT2D eigenvalue weighted by Crippen LogP contribution is 2.39. The van der Waals surface area contributed by atoms with Crippen LogP contribution in [0, 0.1) is 29.1 Å². The molecular weight excluding hydrogens is 477 g/mol. The fraction of sp³-hybridized carbons (Fsp3) is 0.174. The molecule has 0 aliphatic carbocycles. The van der Waals surface area contributed by atoms with E-state index in [1.807, 2.05) is 0 Å². The molecule has 176 valence electrons. The first kappa shape index (κ1) is 23.7. The number of thioether (sulfide) groups is 1. The van der Waals surface area contributed by atoms with E-state index in [1.54, 1.807) is 6.92 Å². The lowest BCUT2D eigenvalue weighted by molar-refractivity contribution is -0.118. The van der Waals surface area contributed by atoms with E-state index in [2.05, 4.69) is 10.3 Å². The lowest BCUT2D eigenvalue weighted by Gasteiger charge is -2.32. The standard InChI is InChI=1S/C23H16F5N3O2S/c1-11-23(33)31(10-12-2-14(24)5-15(25)3-12)20-4-13(8-30-22(20)34-11)21(32)29-9-17-18(27)6-16(26)7-19(17)28/h2-8,11H,9-10H2,1H3,(H,29,32). The summed E-state index contributed by atoms with van der Waals surface area (Å²) in [4.78, 5) is 30.9. The number of anilines is 1. The first-order chi connectivity index (χ1) is 16.1. The van der Waals surface area contributed by atoms with E-state index in [1.165, 1.54) is 17.2 Å². The molecule has 2 aromatic carbocycles. The van der Waals surface area contributed by atoms with Gasteiger partial charge in [0.25, 0.3) is 5.91 Å². The van der Waals surface area contributed by atoms with Crippen LogP contribution < -0.4 is 10.2 Å². The minimum absolute atomic E-state index is 0.0138. The quantitative estimate of drug-likeness (QED) is 0.522. The Morgan fingerprint density at radius 1 is 1.00 bits per heavy atom. The Morgan fingerprint density at radius 3 is 2.26 bits per heavy atom. The third-order valence-electron chi connectivity index (χ3n) is 5.08. The number of hydrogen-bond donors (Lipinski definition) is 1. The second-order valence-corrected chi connectivity index (χ2v) is 8.87. The number of nitrogens with zero attached hydrogens (tertiary/aromatic N) is 2. The zero-order chi connectivity index (χ0) is 24.6. The third kappa shape index (κ3) is 4.89. The van der Waals surface area contributed by atoms with Gasteiger partial charge in [-0.05, 0) is 30.7 Å². The number of pyridine rings is 1.